The molecule has 2 aromatic rings. The Morgan fingerprint density at radius 1 is 1.16 bits per heavy atom. The summed E-state index contributed by atoms with van der Waals surface area (Å²) in [6, 6.07) is 4.89. The largest absolute Gasteiger partial charge is 0.465 e. The van der Waals surface area contributed by atoms with Crippen LogP contribution >= 0.6 is 34.8 Å². The van der Waals surface area contributed by atoms with Crippen LogP contribution in [-0.2, 0) is 4.74 Å². The van der Waals surface area contributed by atoms with Crippen molar-refractivity contribution < 1.29 is 9.53 Å². The van der Waals surface area contributed by atoms with E-state index in [0.29, 0.717) is 21.4 Å². The smallest absolute Gasteiger partial charge is 0.342 e. The molecule has 0 aliphatic rings. The molecule has 2 rings (SSSR count). The Kier molecular flexibility index (Phi) is 4.24. The first-order chi connectivity index (χ1) is 9.01. The lowest BCUT2D eigenvalue weighted by atomic mass is 10.2. The SMILES string of the molecule is COC(=O)c1cnc(-c2cc(Cl)cc(Cl)c2)nc1Cl. The summed E-state index contributed by atoms with van der Waals surface area (Å²) in [5, 5.41) is 0.923. The van der Waals surface area contributed by atoms with E-state index in [-0.39, 0.29) is 10.7 Å². The lowest BCUT2D eigenvalue weighted by Gasteiger charge is -2.05. The van der Waals surface area contributed by atoms with Crippen molar-refractivity contribution in [1.29, 1.82) is 0 Å². The number of ether oxygens (including phenoxy) is 1. The molecule has 0 aliphatic heterocycles. The van der Waals surface area contributed by atoms with Crippen LogP contribution < -0.4 is 0 Å². The lowest BCUT2D eigenvalue weighted by molar-refractivity contribution is 0.0600. The summed E-state index contributed by atoms with van der Waals surface area (Å²) >= 11 is 17.7. The van der Waals surface area contributed by atoms with E-state index in [4.69, 9.17) is 34.8 Å². The van der Waals surface area contributed by atoms with E-state index in [0.717, 1.165) is 0 Å². The van der Waals surface area contributed by atoms with Crippen LogP contribution in [0.3, 0.4) is 0 Å². The molecule has 0 bridgehead atoms. The number of methoxy groups -OCH3 is 1. The normalized spacial score (nSPS) is 10.3. The van der Waals surface area contributed by atoms with Crippen molar-refractivity contribution >= 4 is 40.8 Å². The van der Waals surface area contributed by atoms with Crippen LogP contribution in [0.25, 0.3) is 11.4 Å². The molecule has 4 nitrogen and oxygen atoms in total. The summed E-state index contributed by atoms with van der Waals surface area (Å²) < 4.78 is 4.56. The van der Waals surface area contributed by atoms with Gasteiger partial charge in [-0.05, 0) is 18.2 Å². The molecule has 0 N–H and O–H groups in total. The molecular formula is C12H7Cl3N2O2. The molecule has 0 unspecified atom stereocenters. The van der Waals surface area contributed by atoms with Gasteiger partial charge in [0.2, 0.25) is 0 Å². The van der Waals surface area contributed by atoms with Crippen molar-refractivity contribution in [1.82, 2.24) is 9.97 Å². The van der Waals surface area contributed by atoms with E-state index >= 15 is 0 Å². The molecule has 0 saturated heterocycles. The summed E-state index contributed by atoms with van der Waals surface area (Å²) in [6.07, 6.45) is 1.30. The number of aromatic nitrogens is 2. The van der Waals surface area contributed by atoms with Gasteiger partial charge in [0.05, 0.1) is 7.11 Å². The van der Waals surface area contributed by atoms with Gasteiger partial charge in [-0.15, -0.1) is 0 Å². The average molecular weight is 318 g/mol. The minimum atomic E-state index is -0.597. The Balaban J connectivity index is 2.47. The number of carbonyl (C=O) groups is 1. The zero-order valence-corrected chi connectivity index (χ0v) is 11.9. The monoisotopic (exact) mass is 316 g/mol. The summed E-state index contributed by atoms with van der Waals surface area (Å²) in [7, 11) is 1.25. The van der Waals surface area contributed by atoms with E-state index in [1.54, 1.807) is 18.2 Å². The molecule has 19 heavy (non-hydrogen) atoms. The molecular weight excluding hydrogens is 311 g/mol. The van der Waals surface area contributed by atoms with Crippen LogP contribution in [0.15, 0.2) is 24.4 Å². The molecule has 0 amide bonds. The highest BCUT2D eigenvalue weighted by Crippen LogP contribution is 2.26. The van der Waals surface area contributed by atoms with Gasteiger partial charge in [0.1, 0.15) is 10.7 Å². The van der Waals surface area contributed by atoms with Crippen molar-refractivity contribution in [2.45, 2.75) is 0 Å². The Morgan fingerprint density at radius 3 is 2.32 bits per heavy atom. The molecule has 0 saturated carbocycles. The lowest BCUT2D eigenvalue weighted by Crippen LogP contribution is -2.05. The van der Waals surface area contributed by atoms with Crippen LogP contribution in [0.1, 0.15) is 10.4 Å². The molecule has 7 heteroatoms. The van der Waals surface area contributed by atoms with Crippen LogP contribution in [0.5, 0.6) is 0 Å². The van der Waals surface area contributed by atoms with Crippen molar-refractivity contribution in [3.63, 3.8) is 0 Å². The van der Waals surface area contributed by atoms with Gasteiger partial charge >= 0.3 is 5.97 Å². The second-order valence-corrected chi connectivity index (χ2v) is 4.78. The molecule has 0 aliphatic carbocycles. The highest BCUT2D eigenvalue weighted by Gasteiger charge is 2.14. The summed E-state index contributed by atoms with van der Waals surface area (Å²) in [5.41, 5.74) is 0.705. The van der Waals surface area contributed by atoms with E-state index in [9.17, 15) is 4.79 Å². The Hall–Kier alpha value is -1.36. The molecule has 0 spiro atoms. The average Bonchev–Trinajstić information content (AvgIpc) is 2.36. The third-order valence-electron chi connectivity index (χ3n) is 2.27. The molecule has 1 heterocycles. The summed E-state index contributed by atoms with van der Waals surface area (Å²) in [4.78, 5) is 19.4. The van der Waals surface area contributed by atoms with Crippen LogP contribution in [0, 0.1) is 0 Å². The molecule has 0 fully saturated rings. The third-order valence-corrected chi connectivity index (χ3v) is 2.99. The number of benzene rings is 1. The number of rotatable bonds is 2. The number of halogens is 3. The number of esters is 1. The van der Waals surface area contributed by atoms with Crippen molar-refractivity contribution in [3.8, 4) is 11.4 Å². The summed E-state index contributed by atoms with van der Waals surface area (Å²) in [5.74, 6) is -0.275. The van der Waals surface area contributed by atoms with Gasteiger partial charge in [-0.1, -0.05) is 34.8 Å². The van der Waals surface area contributed by atoms with Gasteiger partial charge in [-0.2, -0.15) is 0 Å². The third kappa shape index (κ3) is 3.15. The highest BCUT2D eigenvalue weighted by molar-refractivity contribution is 6.35. The van der Waals surface area contributed by atoms with Gasteiger partial charge in [0, 0.05) is 21.8 Å². The first-order valence-corrected chi connectivity index (χ1v) is 6.22. The van der Waals surface area contributed by atoms with Crippen molar-refractivity contribution in [3.05, 3.63) is 45.2 Å². The number of hydrogen-bond acceptors (Lipinski definition) is 4. The number of hydrogen-bond donors (Lipinski definition) is 0. The van der Waals surface area contributed by atoms with Crippen LogP contribution in [0.2, 0.25) is 15.2 Å². The fraction of sp³-hybridized carbons (Fsp3) is 0.0833. The molecule has 0 radical (unpaired) electrons. The minimum absolute atomic E-state index is 0.00736. The molecule has 0 atom stereocenters. The molecule has 1 aromatic heterocycles. The van der Waals surface area contributed by atoms with Crippen LogP contribution in [0.4, 0.5) is 0 Å². The second kappa shape index (κ2) is 5.74. The quantitative estimate of drug-likeness (QED) is 0.623. The number of nitrogens with zero attached hydrogens (tertiary/aromatic N) is 2. The molecule has 1 aromatic carbocycles. The Labute approximate surface area is 124 Å². The van der Waals surface area contributed by atoms with Crippen molar-refractivity contribution in [2.75, 3.05) is 7.11 Å². The topological polar surface area (TPSA) is 52.1 Å². The van der Waals surface area contributed by atoms with Crippen molar-refractivity contribution in [2.24, 2.45) is 0 Å². The fourth-order valence-electron chi connectivity index (χ4n) is 1.43. The van der Waals surface area contributed by atoms with Gasteiger partial charge in [-0.3, -0.25) is 0 Å². The maximum Gasteiger partial charge on any atom is 0.342 e. The standard InChI is InChI=1S/C12H7Cl3N2O2/c1-19-12(18)9-5-16-11(17-10(9)15)6-2-7(13)4-8(14)3-6/h2-5H,1H3. The molecule has 98 valence electrons. The zero-order valence-electron chi connectivity index (χ0n) is 9.65. The fourth-order valence-corrected chi connectivity index (χ4v) is 2.16. The van der Waals surface area contributed by atoms with E-state index in [1.165, 1.54) is 13.3 Å². The van der Waals surface area contributed by atoms with E-state index in [1.807, 2.05) is 0 Å². The summed E-state index contributed by atoms with van der Waals surface area (Å²) in [6.45, 7) is 0. The minimum Gasteiger partial charge on any atom is -0.465 e. The van der Waals surface area contributed by atoms with E-state index < -0.39 is 5.97 Å². The predicted octanol–water partition coefficient (Wildman–Crippen LogP) is 3.89. The highest BCUT2D eigenvalue weighted by atomic mass is 35.5. The Morgan fingerprint density at radius 2 is 1.79 bits per heavy atom. The van der Waals surface area contributed by atoms with Gasteiger partial charge in [0.25, 0.3) is 0 Å². The maximum atomic E-state index is 11.4. The van der Waals surface area contributed by atoms with E-state index in [2.05, 4.69) is 14.7 Å². The maximum absolute atomic E-state index is 11.4. The van der Waals surface area contributed by atoms with Crippen LogP contribution in [-0.4, -0.2) is 23.0 Å². The number of carbonyl (C=O) groups excluding carboxylic acids is 1. The van der Waals surface area contributed by atoms with Gasteiger partial charge in [0.15, 0.2) is 5.82 Å². The van der Waals surface area contributed by atoms with Gasteiger partial charge < -0.3 is 4.74 Å². The Bertz CT molecular complexity index is 627. The predicted molar refractivity (Wildman–Crippen MR) is 73.8 cm³/mol. The zero-order chi connectivity index (χ0) is 14.0. The first-order valence-electron chi connectivity index (χ1n) is 5.08. The first kappa shape index (κ1) is 14.1. The second-order valence-electron chi connectivity index (χ2n) is 3.55. The van der Waals surface area contributed by atoms with Gasteiger partial charge in [-0.25, -0.2) is 14.8 Å².